The zero-order valence-corrected chi connectivity index (χ0v) is 9.55. The Morgan fingerprint density at radius 3 is 3.12 bits per heavy atom. The number of methoxy groups -OCH3 is 1. The molecule has 0 fully saturated rings. The second-order valence-electron chi connectivity index (χ2n) is 3.39. The molecule has 2 aromatic heterocycles. The molecule has 0 aromatic carbocycles. The molecule has 0 radical (unpaired) electrons. The molecule has 2 N–H and O–H groups in total. The number of nitrogens with one attached hydrogen (secondary N) is 2. The SMILES string of the molecule is COc1ccnc(NCCCc2ncn[nH]2)n1. The van der Waals surface area contributed by atoms with E-state index in [9.17, 15) is 0 Å². The summed E-state index contributed by atoms with van der Waals surface area (Å²) in [4.78, 5) is 12.3. The Kier molecular flexibility index (Phi) is 3.85. The molecule has 7 nitrogen and oxygen atoms in total. The fraction of sp³-hybridized carbons (Fsp3) is 0.400. The number of aromatic nitrogens is 5. The summed E-state index contributed by atoms with van der Waals surface area (Å²) in [7, 11) is 1.58. The molecule has 2 aromatic rings. The van der Waals surface area contributed by atoms with Crippen LogP contribution in [-0.2, 0) is 6.42 Å². The minimum absolute atomic E-state index is 0.553. The smallest absolute Gasteiger partial charge is 0.225 e. The maximum atomic E-state index is 5.01. The highest BCUT2D eigenvalue weighted by atomic mass is 16.5. The van der Waals surface area contributed by atoms with Crippen LogP contribution in [0.3, 0.4) is 0 Å². The lowest BCUT2D eigenvalue weighted by Gasteiger charge is -2.04. The number of rotatable bonds is 6. The van der Waals surface area contributed by atoms with Crippen LogP contribution in [0, 0.1) is 0 Å². The van der Waals surface area contributed by atoms with Gasteiger partial charge in [-0.1, -0.05) is 0 Å². The van der Waals surface area contributed by atoms with Crippen LogP contribution in [0.25, 0.3) is 0 Å². The highest BCUT2D eigenvalue weighted by Crippen LogP contribution is 2.07. The van der Waals surface area contributed by atoms with Gasteiger partial charge in [0.2, 0.25) is 11.8 Å². The van der Waals surface area contributed by atoms with Crippen molar-refractivity contribution in [2.45, 2.75) is 12.8 Å². The van der Waals surface area contributed by atoms with E-state index < -0.39 is 0 Å². The molecular weight excluding hydrogens is 220 g/mol. The van der Waals surface area contributed by atoms with Crippen molar-refractivity contribution in [1.29, 1.82) is 0 Å². The number of aryl methyl sites for hydroxylation is 1. The Morgan fingerprint density at radius 1 is 1.41 bits per heavy atom. The van der Waals surface area contributed by atoms with Crippen LogP contribution in [0.2, 0.25) is 0 Å². The minimum atomic E-state index is 0.553. The van der Waals surface area contributed by atoms with E-state index in [4.69, 9.17) is 4.74 Å². The summed E-state index contributed by atoms with van der Waals surface area (Å²) in [6, 6.07) is 1.71. The molecule has 0 amide bonds. The van der Waals surface area contributed by atoms with E-state index in [1.807, 2.05) is 0 Å². The van der Waals surface area contributed by atoms with Crippen molar-refractivity contribution >= 4 is 5.95 Å². The van der Waals surface area contributed by atoms with E-state index in [-0.39, 0.29) is 0 Å². The van der Waals surface area contributed by atoms with Gasteiger partial charge in [0.1, 0.15) is 12.2 Å². The molecule has 0 aliphatic rings. The zero-order valence-electron chi connectivity index (χ0n) is 9.55. The van der Waals surface area contributed by atoms with E-state index >= 15 is 0 Å². The molecule has 17 heavy (non-hydrogen) atoms. The van der Waals surface area contributed by atoms with Gasteiger partial charge in [0.25, 0.3) is 0 Å². The lowest BCUT2D eigenvalue weighted by Crippen LogP contribution is -2.07. The Bertz CT molecular complexity index is 444. The molecule has 0 unspecified atom stereocenters. The maximum absolute atomic E-state index is 5.01. The number of hydrogen-bond donors (Lipinski definition) is 2. The third-order valence-electron chi connectivity index (χ3n) is 2.18. The van der Waals surface area contributed by atoms with Gasteiger partial charge in [0.05, 0.1) is 7.11 Å². The lowest BCUT2D eigenvalue weighted by molar-refractivity contribution is 0.397. The molecule has 0 spiro atoms. The highest BCUT2D eigenvalue weighted by Gasteiger charge is 1.99. The Balaban J connectivity index is 1.74. The lowest BCUT2D eigenvalue weighted by atomic mass is 10.3. The van der Waals surface area contributed by atoms with Gasteiger partial charge < -0.3 is 10.1 Å². The predicted octanol–water partition coefficient (Wildman–Crippen LogP) is 0.648. The van der Waals surface area contributed by atoms with Crippen molar-refractivity contribution in [3.05, 3.63) is 24.4 Å². The molecule has 0 aliphatic heterocycles. The molecule has 0 aliphatic carbocycles. The Labute approximate surface area is 98.7 Å². The van der Waals surface area contributed by atoms with E-state index in [1.165, 1.54) is 6.33 Å². The summed E-state index contributed by atoms with van der Waals surface area (Å²) in [5.41, 5.74) is 0. The van der Waals surface area contributed by atoms with E-state index in [0.717, 1.165) is 25.2 Å². The Hall–Kier alpha value is -2.18. The summed E-state index contributed by atoms with van der Waals surface area (Å²) in [5.74, 6) is 2.01. The van der Waals surface area contributed by atoms with Crippen LogP contribution in [0.5, 0.6) is 5.88 Å². The van der Waals surface area contributed by atoms with Crippen molar-refractivity contribution in [1.82, 2.24) is 25.1 Å². The summed E-state index contributed by atoms with van der Waals surface area (Å²) >= 11 is 0. The molecular formula is C10H14N6O. The second kappa shape index (κ2) is 5.78. The standard InChI is InChI=1S/C10H14N6O/c1-17-9-4-6-12-10(15-9)11-5-2-3-8-13-7-14-16-8/h4,6-7H,2-3,5H2,1H3,(H,11,12,15)(H,13,14,16). The van der Waals surface area contributed by atoms with Gasteiger partial charge in [-0.15, -0.1) is 0 Å². The topological polar surface area (TPSA) is 88.6 Å². The maximum Gasteiger partial charge on any atom is 0.225 e. The first-order chi connectivity index (χ1) is 8.38. The highest BCUT2D eigenvalue weighted by molar-refractivity contribution is 5.27. The normalized spacial score (nSPS) is 10.2. The van der Waals surface area contributed by atoms with Crippen molar-refractivity contribution in [3.8, 4) is 5.88 Å². The number of nitrogens with zero attached hydrogens (tertiary/aromatic N) is 4. The molecule has 7 heteroatoms. The third kappa shape index (κ3) is 3.40. The summed E-state index contributed by atoms with van der Waals surface area (Å²) in [5, 5.41) is 9.72. The predicted molar refractivity (Wildman–Crippen MR) is 61.8 cm³/mol. The third-order valence-corrected chi connectivity index (χ3v) is 2.18. The quantitative estimate of drug-likeness (QED) is 0.713. The van der Waals surface area contributed by atoms with Crippen LogP contribution in [-0.4, -0.2) is 38.8 Å². The Morgan fingerprint density at radius 2 is 2.35 bits per heavy atom. The van der Waals surface area contributed by atoms with Crippen LogP contribution in [0.15, 0.2) is 18.6 Å². The second-order valence-corrected chi connectivity index (χ2v) is 3.39. The van der Waals surface area contributed by atoms with Crippen molar-refractivity contribution in [2.24, 2.45) is 0 Å². The largest absolute Gasteiger partial charge is 0.481 e. The summed E-state index contributed by atoms with van der Waals surface area (Å²) < 4.78 is 5.01. The van der Waals surface area contributed by atoms with Crippen molar-refractivity contribution in [2.75, 3.05) is 19.0 Å². The summed E-state index contributed by atoms with van der Waals surface area (Å²) in [6.45, 7) is 0.772. The van der Waals surface area contributed by atoms with Gasteiger partial charge in [0.15, 0.2) is 0 Å². The van der Waals surface area contributed by atoms with Gasteiger partial charge in [-0.3, -0.25) is 5.10 Å². The first kappa shape index (κ1) is 11.3. The average Bonchev–Trinajstić information content (AvgIpc) is 2.88. The van der Waals surface area contributed by atoms with E-state index in [0.29, 0.717) is 11.8 Å². The number of anilines is 1. The monoisotopic (exact) mass is 234 g/mol. The molecule has 0 saturated carbocycles. The number of aromatic amines is 1. The van der Waals surface area contributed by atoms with Crippen LogP contribution < -0.4 is 10.1 Å². The van der Waals surface area contributed by atoms with Gasteiger partial charge in [-0.2, -0.15) is 10.1 Å². The summed E-state index contributed by atoms with van der Waals surface area (Å²) in [6.07, 6.45) is 4.94. The molecule has 0 atom stereocenters. The molecule has 2 rings (SSSR count). The van der Waals surface area contributed by atoms with Gasteiger partial charge in [0, 0.05) is 25.2 Å². The average molecular weight is 234 g/mol. The molecule has 2 heterocycles. The molecule has 0 bridgehead atoms. The van der Waals surface area contributed by atoms with Gasteiger partial charge in [-0.05, 0) is 6.42 Å². The van der Waals surface area contributed by atoms with Crippen LogP contribution in [0.4, 0.5) is 5.95 Å². The van der Waals surface area contributed by atoms with Gasteiger partial charge >= 0.3 is 0 Å². The fourth-order valence-electron chi connectivity index (χ4n) is 1.35. The minimum Gasteiger partial charge on any atom is -0.481 e. The number of H-pyrrole nitrogens is 1. The first-order valence-electron chi connectivity index (χ1n) is 5.33. The van der Waals surface area contributed by atoms with E-state index in [2.05, 4.69) is 30.5 Å². The van der Waals surface area contributed by atoms with Gasteiger partial charge in [-0.25, -0.2) is 9.97 Å². The number of hydrogen-bond acceptors (Lipinski definition) is 6. The van der Waals surface area contributed by atoms with Crippen LogP contribution in [0.1, 0.15) is 12.2 Å². The zero-order chi connectivity index (χ0) is 11.9. The number of ether oxygens (including phenoxy) is 1. The van der Waals surface area contributed by atoms with E-state index in [1.54, 1.807) is 19.4 Å². The first-order valence-corrected chi connectivity index (χ1v) is 5.33. The molecule has 0 saturated heterocycles. The van der Waals surface area contributed by atoms with Crippen LogP contribution >= 0.6 is 0 Å². The fourth-order valence-corrected chi connectivity index (χ4v) is 1.35. The van der Waals surface area contributed by atoms with Crippen molar-refractivity contribution < 1.29 is 4.74 Å². The molecule has 90 valence electrons. The van der Waals surface area contributed by atoms with Crippen molar-refractivity contribution in [3.63, 3.8) is 0 Å².